The van der Waals surface area contributed by atoms with Crippen LogP contribution in [0, 0.1) is 24.7 Å². The van der Waals surface area contributed by atoms with E-state index in [0.29, 0.717) is 30.2 Å². The lowest BCUT2D eigenvalue weighted by atomic mass is 9.78. The Kier molecular flexibility index (Phi) is 7.50. The molecule has 0 radical (unpaired) electrons. The summed E-state index contributed by atoms with van der Waals surface area (Å²) >= 11 is 0. The number of hydrogen-bond acceptors (Lipinski definition) is 3. The third kappa shape index (κ3) is 6.20. The maximum atomic E-state index is 12.6. The molecule has 1 aliphatic carbocycles. The van der Waals surface area contributed by atoms with Gasteiger partial charge >= 0.3 is 5.97 Å². The number of rotatable bonds is 7. The molecule has 1 saturated carbocycles. The SMILES string of the molecule is Cc1ccc(Oc2ccc(NC(=O)C3CCCCC3C(=O)O)cc2)cc1/C=C\C(C)C. The van der Waals surface area contributed by atoms with Crippen LogP contribution in [0.3, 0.4) is 0 Å². The topological polar surface area (TPSA) is 75.6 Å². The van der Waals surface area contributed by atoms with Crippen molar-refractivity contribution in [3.8, 4) is 11.5 Å². The second kappa shape index (κ2) is 10.3. The van der Waals surface area contributed by atoms with Gasteiger partial charge in [0.05, 0.1) is 11.8 Å². The van der Waals surface area contributed by atoms with E-state index in [4.69, 9.17) is 4.74 Å². The van der Waals surface area contributed by atoms with Crippen molar-refractivity contribution < 1.29 is 19.4 Å². The molecule has 1 amide bonds. The molecule has 0 aromatic heterocycles. The number of allylic oxidation sites excluding steroid dienone is 1. The summed E-state index contributed by atoms with van der Waals surface area (Å²) in [6, 6.07) is 13.1. The molecule has 0 bridgehead atoms. The Morgan fingerprint density at radius 2 is 1.68 bits per heavy atom. The largest absolute Gasteiger partial charge is 0.481 e. The summed E-state index contributed by atoms with van der Waals surface area (Å²) < 4.78 is 5.98. The average molecular weight is 422 g/mol. The molecule has 164 valence electrons. The molecule has 0 spiro atoms. The average Bonchev–Trinajstić information content (AvgIpc) is 2.75. The molecule has 31 heavy (non-hydrogen) atoms. The number of hydrogen-bond donors (Lipinski definition) is 2. The predicted octanol–water partition coefficient (Wildman–Crippen LogP) is 6.29. The number of aryl methyl sites for hydroxylation is 1. The van der Waals surface area contributed by atoms with Crippen molar-refractivity contribution in [3.63, 3.8) is 0 Å². The number of carboxylic acids is 1. The molecular weight excluding hydrogens is 390 g/mol. The molecule has 0 heterocycles. The Labute approximate surface area is 184 Å². The van der Waals surface area contributed by atoms with Gasteiger partial charge in [-0.25, -0.2) is 0 Å². The molecule has 5 nitrogen and oxygen atoms in total. The van der Waals surface area contributed by atoms with E-state index < -0.39 is 17.8 Å². The molecule has 2 atom stereocenters. The summed E-state index contributed by atoms with van der Waals surface area (Å²) in [5, 5.41) is 12.3. The Morgan fingerprint density at radius 3 is 2.32 bits per heavy atom. The number of benzene rings is 2. The van der Waals surface area contributed by atoms with E-state index in [9.17, 15) is 14.7 Å². The van der Waals surface area contributed by atoms with Crippen LogP contribution in [-0.4, -0.2) is 17.0 Å². The van der Waals surface area contributed by atoms with Crippen LogP contribution in [0.5, 0.6) is 11.5 Å². The van der Waals surface area contributed by atoms with E-state index in [1.54, 1.807) is 24.3 Å². The van der Waals surface area contributed by atoms with Crippen LogP contribution in [-0.2, 0) is 9.59 Å². The minimum Gasteiger partial charge on any atom is -0.481 e. The van der Waals surface area contributed by atoms with Crippen LogP contribution in [0.1, 0.15) is 50.7 Å². The summed E-state index contributed by atoms with van der Waals surface area (Å²) in [6.07, 6.45) is 7.20. The lowest BCUT2D eigenvalue weighted by Crippen LogP contribution is -2.36. The third-order valence-corrected chi connectivity index (χ3v) is 5.69. The molecule has 1 fully saturated rings. The zero-order valence-corrected chi connectivity index (χ0v) is 18.4. The van der Waals surface area contributed by atoms with Gasteiger partial charge in [-0.3, -0.25) is 9.59 Å². The molecule has 2 aromatic carbocycles. The van der Waals surface area contributed by atoms with Crippen molar-refractivity contribution in [2.24, 2.45) is 17.8 Å². The fourth-order valence-corrected chi connectivity index (χ4v) is 3.88. The fraction of sp³-hybridized carbons (Fsp3) is 0.385. The van der Waals surface area contributed by atoms with Gasteiger partial charge in [0.15, 0.2) is 0 Å². The van der Waals surface area contributed by atoms with Gasteiger partial charge in [-0.15, -0.1) is 0 Å². The molecule has 5 heteroatoms. The lowest BCUT2D eigenvalue weighted by Gasteiger charge is -2.27. The zero-order valence-electron chi connectivity index (χ0n) is 18.4. The molecule has 0 aliphatic heterocycles. The summed E-state index contributed by atoms with van der Waals surface area (Å²) in [5.41, 5.74) is 2.94. The van der Waals surface area contributed by atoms with E-state index in [1.165, 1.54) is 5.56 Å². The number of anilines is 1. The van der Waals surface area contributed by atoms with E-state index in [0.717, 1.165) is 24.2 Å². The van der Waals surface area contributed by atoms with E-state index in [2.05, 4.69) is 38.2 Å². The number of carboxylic acid groups (broad SMARTS) is 1. The van der Waals surface area contributed by atoms with Gasteiger partial charge in [0.25, 0.3) is 0 Å². The van der Waals surface area contributed by atoms with Crippen molar-refractivity contribution in [2.45, 2.75) is 46.5 Å². The fourth-order valence-electron chi connectivity index (χ4n) is 3.88. The van der Waals surface area contributed by atoms with Crippen molar-refractivity contribution in [1.82, 2.24) is 0 Å². The number of nitrogens with one attached hydrogen (secondary N) is 1. The molecule has 0 saturated heterocycles. The Hall–Kier alpha value is -3.08. The van der Waals surface area contributed by atoms with E-state index in [-0.39, 0.29) is 5.91 Å². The summed E-state index contributed by atoms with van der Waals surface area (Å²) in [6.45, 7) is 6.35. The predicted molar refractivity (Wildman–Crippen MR) is 123 cm³/mol. The van der Waals surface area contributed by atoms with Gasteiger partial charge in [0.1, 0.15) is 11.5 Å². The number of carbonyl (C=O) groups is 2. The monoisotopic (exact) mass is 421 g/mol. The highest BCUT2D eigenvalue weighted by Gasteiger charge is 2.35. The van der Waals surface area contributed by atoms with Crippen LogP contribution in [0.25, 0.3) is 6.08 Å². The Morgan fingerprint density at radius 1 is 1.03 bits per heavy atom. The Balaban J connectivity index is 1.65. The maximum Gasteiger partial charge on any atom is 0.307 e. The highest BCUT2D eigenvalue weighted by molar-refractivity contribution is 5.95. The second-order valence-corrected chi connectivity index (χ2v) is 8.57. The van der Waals surface area contributed by atoms with E-state index in [1.807, 2.05) is 18.2 Å². The standard InChI is InChI=1S/C26H31NO4/c1-17(2)8-10-19-16-22(13-9-18(19)3)31-21-14-11-20(12-15-21)27-25(28)23-6-4-5-7-24(23)26(29)30/h8-17,23-24H,4-7H2,1-3H3,(H,27,28)(H,29,30)/b10-8-. The van der Waals surface area contributed by atoms with Crippen molar-refractivity contribution in [2.75, 3.05) is 5.32 Å². The molecule has 2 aromatic rings. The number of ether oxygens (including phenoxy) is 1. The number of aliphatic carboxylic acids is 1. The summed E-state index contributed by atoms with van der Waals surface area (Å²) in [5.74, 6) is -0.292. The Bertz CT molecular complexity index is 946. The molecule has 1 aliphatic rings. The number of carbonyl (C=O) groups excluding carboxylic acids is 1. The molecule has 2 N–H and O–H groups in total. The third-order valence-electron chi connectivity index (χ3n) is 5.69. The van der Waals surface area contributed by atoms with Crippen LogP contribution in [0.2, 0.25) is 0 Å². The maximum absolute atomic E-state index is 12.6. The van der Waals surface area contributed by atoms with Gasteiger partial charge in [0.2, 0.25) is 5.91 Å². The first-order valence-electron chi connectivity index (χ1n) is 10.9. The quantitative estimate of drug-likeness (QED) is 0.551. The van der Waals surface area contributed by atoms with Gasteiger partial charge in [-0.1, -0.05) is 44.9 Å². The first-order chi connectivity index (χ1) is 14.8. The number of amides is 1. The summed E-state index contributed by atoms with van der Waals surface area (Å²) in [7, 11) is 0. The first-order valence-corrected chi connectivity index (χ1v) is 10.9. The molecule has 3 rings (SSSR count). The van der Waals surface area contributed by atoms with Gasteiger partial charge < -0.3 is 15.2 Å². The van der Waals surface area contributed by atoms with Gasteiger partial charge in [-0.2, -0.15) is 0 Å². The van der Waals surface area contributed by atoms with Crippen LogP contribution in [0.15, 0.2) is 48.5 Å². The van der Waals surface area contributed by atoms with Crippen LogP contribution >= 0.6 is 0 Å². The normalized spacial score (nSPS) is 18.8. The highest BCUT2D eigenvalue weighted by Crippen LogP contribution is 2.32. The molecular formula is C26H31NO4. The highest BCUT2D eigenvalue weighted by atomic mass is 16.5. The van der Waals surface area contributed by atoms with Crippen LogP contribution < -0.4 is 10.1 Å². The lowest BCUT2D eigenvalue weighted by molar-refractivity contribution is -0.147. The van der Waals surface area contributed by atoms with Crippen LogP contribution in [0.4, 0.5) is 5.69 Å². The minimum absolute atomic E-state index is 0.221. The first kappa shape index (κ1) is 22.6. The van der Waals surface area contributed by atoms with Gasteiger partial charge in [-0.05, 0) is 73.2 Å². The van der Waals surface area contributed by atoms with Crippen molar-refractivity contribution in [3.05, 3.63) is 59.7 Å². The minimum atomic E-state index is -0.885. The van der Waals surface area contributed by atoms with Crippen molar-refractivity contribution in [1.29, 1.82) is 0 Å². The zero-order chi connectivity index (χ0) is 22.4. The smallest absolute Gasteiger partial charge is 0.307 e. The summed E-state index contributed by atoms with van der Waals surface area (Å²) in [4.78, 5) is 24.1. The van der Waals surface area contributed by atoms with E-state index >= 15 is 0 Å². The van der Waals surface area contributed by atoms with Gasteiger partial charge in [0, 0.05) is 5.69 Å². The molecule has 2 unspecified atom stereocenters. The second-order valence-electron chi connectivity index (χ2n) is 8.57. The van der Waals surface area contributed by atoms with Crippen molar-refractivity contribution >= 4 is 23.6 Å².